The predicted molar refractivity (Wildman–Crippen MR) is 84.8 cm³/mol. The Morgan fingerprint density at radius 2 is 2.39 bits per heavy atom. The fraction of sp³-hybridized carbons (Fsp3) is 0.462. The molecule has 1 aliphatic rings. The maximum absolute atomic E-state index is 12.1. The molecule has 1 unspecified atom stereocenters. The highest BCUT2D eigenvalue weighted by Gasteiger charge is 2.15. The van der Waals surface area contributed by atoms with Gasteiger partial charge < -0.3 is 10.6 Å². The van der Waals surface area contributed by atoms with Gasteiger partial charge >= 0.3 is 0 Å². The van der Waals surface area contributed by atoms with Crippen LogP contribution in [0, 0.1) is 9.49 Å². The molecule has 1 amide bonds. The first-order chi connectivity index (χ1) is 8.66. The molecule has 0 bridgehead atoms. The molecule has 1 aliphatic heterocycles. The highest BCUT2D eigenvalue weighted by molar-refractivity contribution is 14.1. The van der Waals surface area contributed by atoms with Gasteiger partial charge in [-0.3, -0.25) is 4.79 Å². The third-order valence-electron chi connectivity index (χ3n) is 3.12. The van der Waals surface area contributed by atoms with Crippen LogP contribution in [0.15, 0.2) is 22.7 Å². The van der Waals surface area contributed by atoms with Crippen LogP contribution < -0.4 is 10.6 Å². The Balaban J connectivity index is 1.92. The van der Waals surface area contributed by atoms with Gasteiger partial charge in [-0.1, -0.05) is 0 Å². The second-order valence-corrected chi connectivity index (χ2v) is 6.65. The third-order valence-corrected chi connectivity index (χ3v) is 4.49. The Hall–Kier alpha value is -0.140. The van der Waals surface area contributed by atoms with Crippen molar-refractivity contribution >= 4 is 44.4 Å². The van der Waals surface area contributed by atoms with E-state index >= 15 is 0 Å². The number of carbonyl (C=O) groups is 1. The van der Waals surface area contributed by atoms with E-state index < -0.39 is 0 Å². The number of rotatable bonds is 3. The van der Waals surface area contributed by atoms with Gasteiger partial charge in [0, 0.05) is 14.6 Å². The van der Waals surface area contributed by atoms with Crippen LogP contribution in [0.5, 0.6) is 0 Å². The second-order valence-electron chi connectivity index (χ2n) is 4.55. The van der Waals surface area contributed by atoms with Crippen molar-refractivity contribution in [2.75, 3.05) is 19.6 Å². The van der Waals surface area contributed by atoms with Gasteiger partial charge in [-0.15, -0.1) is 0 Å². The number of nitrogens with one attached hydrogen (secondary N) is 2. The van der Waals surface area contributed by atoms with E-state index in [0.29, 0.717) is 11.5 Å². The largest absolute Gasteiger partial charge is 0.352 e. The molecule has 2 N–H and O–H groups in total. The fourth-order valence-corrected chi connectivity index (χ4v) is 3.02. The number of carbonyl (C=O) groups excluding carboxylic acids is 1. The quantitative estimate of drug-likeness (QED) is 0.735. The van der Waals surface area contributed by atoms with Crippen LogP contribution in [0.4, 0.5) is 0 Å². The lowest BCUT2D eigenvalue weighted by molar-refractivity contribution is 0.0944. The molecule has 3 nitrogen and oxygen atoms in total. The summed E-state index contributed by atoms with van der Waals surface area (Å²) in [4.78, 5) is 12.1. The van der Waals surface area contributed by atoms with E-state index in [1.165, 1.54) is 12.8 Å². The summed E-state index contributed by atoms with van der Waals surface area (Å²) >= 11 is 5.64. The van der Waals surface area contributed by atoms with Crippen molar-refractivity contribution in [3.05, 3.63) is 31.8 Å². The molecule has 18 heavy (non-hydrogen) atoms. The molecule has 0 saturated carbocycles. The Bertz CT molecular complexity index is 433. The summed E-state index contributed by atoms with van der Waals surface area (Å²) in [5, 5.41) is 6.38. The van der Waals surface area contributed by atoms with E-state index in [0.717, 1.165) is 27.7 Å². The van der Waals surface area contributed by atoms with E-state index in [4.69, 9.17) is 0 Å². The Labute approximate surface area is 129 Å². The van der Waals surface area contributed by atoms with Gasteiger partial charge in [0.2, 0.25) is 0 Å². The van der Waals surface area contributed by atoms with Crippen molar-refractivity contribution in [3.63, 3.8) is 0 Å². The monoisotopic (exact) mass is 422 g/mol. The standard InChI is InChI=1S/C13H16BrIN2O/c14-12-4-3-10(15)6-11(12)13(18)17-8-9-2-1-5-16-7-9/h3-4,6,9,16H,1-2,5,7-8H2,(H,17,18). The zero-order valence-electron chi connectivity index (χ0n) is 10.0. The number of benzene rings is 1. The lowest BCUT2D eigenvalue weighted by Crippen LogP contribution is -2.38. The molecule has 0 aliphatic carbocycles. The number of amides is 1. The van der Waals surface area contributed by atoms with Crippen molar-refractivity contribution in [2.45, 2.75) is 12.8 Å². The van der Waals surface area contributed by atoms with Gasteiger partial charge in [-0.2, -0.15) is 0 Å². The fourth-order valence-electron chi connectivity index (χ4n) is 2.10. The molecule has 0 spiro atoms. The summed E-state index contributed by atoms with van der Waals surface area (Å²) in [7, 11) is 0. The highest BCUT2D eigenvalue weighted by atomic mass is 127. The zero-order chi connectivity index (χ0) is 13.0. The Morgan fingerprint density at radius 1 is 1.56 bits per heavy atom. The topological polar surface area (TPSA) is 41.1 Å². The van der Waals surface area contributed by atoms with Crippen LogP contribution in [0.25, 0.3) is 0 Å². The van der Waals surface area contributed by atoms with Gasteiger partial charge in [0.15, 0.2) is 0 Å². The first kappa shape index (κ1) is 14.3. The summed E-state index contributed by atoms with van der Waals surface area (Å²) in [6.45, 7) is 2.87. The number of hydrogen-bond donors (Lipinski definition) is 2. The Kier molecular flexibility index (Phi) is 5.44. The van der Waals surface area contributed by atoms with Crippen LogP contribution in [-0.2, 0) is 0 Å². The van der Waals surface area contributed by atoms with Crippen LogP contribution in [0.3, 0.4) is 0 Å². The predicted octanol–water partition coefficient (Wildman–Crippen LogP) is 2.78. The van der Waals surface area contributed by atoms with Crippen LogP contribution in [0.2, 0.25) is 0 Å². The maximum atomic E-state index is 12.1. The molecular formula is C13H16BrIN2O. The van der Waals surface area contributed by atoms with E-state index in [9.17, 15) is 4.79 Å². The SMILES string of the molecule is O=C(NCC1CCCNC1)c1cc(I)ccc1Br. The molecule has 2 rings (SSSR count). The number of piperidine rings is 1. The average Bonchev–Trinajstić information content (AvgIpc) is 2.40. The van der Waals surface area contributed by atoms with E-state index in [2.05, 4.69) is 49.2 Å². The molecule has 0 aromatic heterocycles. The average molecular weight is 423 g/mol. The highest BCUT2D eigenvalue weighted by Crippen LogP contribution is 2.19. The van der Waals surface area contributed by atoms with Crippen molar-refractivity contribution in [3.8, 4) is 0 Å². The van der Waals surface area contributed by atoms with Gasteiger partial charge in [0.05, 0.1) is 5.56 Å². The van der Waals surface area contributed by atoms with Crippen molar-refractivity contribution in [1.82, 2.24) is 10.6 Å². The van der Waals surface area contributed by atoms with E-state index in [-0.39, 0.29) is 5.91 Å². The summed E-state index contributed by atoms with van der Waals surface area (Å²) in [6, 6.07) is 5.80. The number of halogens is 2. The first-order valence-electron chi connectivity index (χ1n) is 6.11. The molecule has 1 aromatic carbocycles. The molecule has 1 aromatic rings. The summed E-state index contributed by atoms with van der Waals surface area (Å²) < 4.78 is 1.92. The van der Waals surface area contributed by atoms with Gasteiger partial charge in [0.25, 0.3) is 5.91 Å². The molecular weight excluding hydrogens is 407 g/mol. The minimum absolute atomic E-state index is 0.00552. The minimum atomic E-state index is 0.00552. The van der Waals surface area contributed by atoms with E-state index in [1.54, 1.807) is 0 Å². The van der Waals surface area contributed by atoms with Gasteiger partial charge in [-0.25, -0.2) is 0 Å². The summed E-state index contributed by atoms with van der Waals surface area (Å²) in [6.07, 6.45) is 2.40. The second kappa shape index (κ2) is 6.86. The maximum Gasteiger partial charge on any atom is 0.252 e. The number of hydrogen-bond acceptors (Lipinski definition) is 2. The van der Waals surface area contributed by atoms with Crippen molar-refractivity contribution < 1.29 is 4.79 Å². The molecule has 98 valence electrons. The molecule has 1 saturated heterocycles. The van der Waals surface area contributed by atoms with Crippen LogP contribution in [0.1, 0.15) is 23.2 Å². The molecule has 0 radical (unpaired) electrons. The smallest absolute Gasteiger partial charge is 0.252 e. The van der Waals surface area contributed by atoms with Gasteiger partial charge in [-0.05, 0) is 88.6 Å². The van der Waals surface area contributed by atoms with E-state index in [1.807, 2.05) is 18.2 Å². The minimum Gasteiger partial charge on any atom is -0.352 e. The molecule has 1 fully saturated rings. The first-order valence-corrected chi connectivity index (χ1v) is 7.98. The normalized spacial score (nSPS) is 19.6. The zero-order valence-corrected chi connectivity index (χ0v) is 13.8. The van der Waals surface area contributed by atoms with Crippen molar-refractivity contribution in [1.29, 1.82) is 0 Å². The lowest BCUT2D eigenvalue weighted by atomic mass is 10.00. The molecule has 1 atom stereocenters. The molecule has 1 heterocycles. The van der Waals surface area contributed by atoms with Crippen LogP contribution >= 0.6 is 38.5 Å². The third kappa shape index (κ3) is 3.93. The van der Waals surface area contributed by atoms with Gasteiger partial charge in [0.1, 0.15) is 0 Å². The summed E-state index contributed by atoms with van der Waals surface area (Å²) in [5.74, 6) is 0.565. The lowest BCUT2D eigenvalue weighted by Gasteiger charge is -2.23. The van der Waals surface area contributed by atoms with Crippen molar-refractivity contribution in [2.24, 2.45) is 5.92 Å². The van der Waals surface area contributed by atoms with Crippen LogP contribution in [-0.4, -0.2) is 25.5 Å². The summed E-state index contributed by atoms with van der Waals surface area (Å²) in [5.41, 5.74) is 0.714. The Morgan fingerprint density at radius 3 is 3.11 bits per heavy atom. The molecule has 5 heteroatoms.